The van der Waals surface area contributed by atoms with Gasteiger partial charge in [0.05, 0.1) is 0 Å². The van der Waals surface area contributed by atoms with E-state index < -0.39 is 36.1 Å². The quantitative estimate of drug-likeness (QED) is 0.534. The van der Waals surface area contributed by atoms with Crippen LogP contribution in [0.25, 0.3) is 0 Å². The third-order valence-corrected chi connectivity index (χ3v) is 6.31. The number of carbonyl (C=O) groups excluding carboxylic acids is 4. The number of nitrogens with one attached hydrogen (secondary N) is 2. The predicted octanol–water partition coefficient (Wildman–Crippen LogP) is 3.18. The van der Waals surface area contributed by atoms with Crippen LogP contribution in [0.2, 0.25) is 0 Å². The lowest BCUT2D eigenvalue weighted by molar-refractivity contribution is -0.155. The minimum absolute atomic E-state index is 0.00510. The number of nitrogens with zero attached hydrogens (tertiary/aromatic N) is 1. The summed E-state index contributed by atoms with van der Waals surface area (Å²) in [7, 11) is 0. The molecule has 1 spiro atoms. The second-order valence-electron chi connectivity index (χ2n) is 8.84. The Hall–Kier alpha value is -2.90. The van der Waals surface area contributed by atoms with Crippen molar-refractivity contribution in [2.24, 2.45) is 5.92 Å². The van der Waals surface area contributed by atoms with Crippen LogP contribution in [0.1, 0.15) is 64.9 Å². The van der Waals surface area contributed by atoms with Crippen molar-refractivity contribution in [1.29, 1.82) is 0 Å². The second-order valence-corrected chi connectivity index (χ2v) is 8.84. The van der Waals surface area contributed by atoms with Crippen LogP contribution >= 0.6 is 0 Å². The number of benzene rings is 1. The molecule has 1 aromatic rings. The van der Waals surface area contributed by atoms with Crippen LogP contribution in [-0.4, -0.2) is 46.9 Å². The maximum absolute atomic E-state index is 12.9. The van der Waals surface area contributed by atoms with Gasteiger partial charge in [0, 0.05) is 5.69 Å². The van der Waals surface area contributed by atoms with Gasteiger partial charge in [-0.05, 0) is 49.3 Å². The molecule has 3 rings (SSSR count). The summed E-state index contributed by atoms with van der Waals surface area (Å²) in [4.78, 5) is 50.9. The normalized spacial score (nSPS) is 24.3. The number of anilines is 1. The zero-order valence-electron chi connectivity index (χ0n) is 18.6. The lowest BCUT2D eigenvalue weighted by atomic mass is 9.73. The van der Waals surface area contributed by atoms with E-state index in [2.05, 4.69) is 24.5 Å². The number of ether oxygens (including phenoxy) is 1. The SMILES string of the molecule is CC(C)c1ccc(NC(=O)[C@H](C)OC(=O)CN2C(=O)N[C@@]3(CCCC[C@@H]3C)C2=O)cc1. The van der Waals surface area contributed by atoms with Crippen LogP contribution in [0.4, 0.5) is 10.5 Å². The molecule has 1 aliphatic heterocycles. The molecule has 3 atom stereocenters. The van der Waals surface area contributed by atoms with Gasteiger partial charge in [-0.25, -0.2) is 4.79 Å². The largest absolute Gasteiger partial charge is 0.451 e. The van der Waals surface area contributed by atoms with Crippen molar-refractivity contribution in [3.8, 4) is 0 Å². The molecule has 0 bridgehead atoms. The van der Waals surface area contributed by atoms with E-state index in [1.165, 1.54) is 6.92 Å². The summed E-state index contributed by atoms with van der Waals surface area (Å²) in [6.07, 6.45) is 2.21. The first-order chi connectivity index (χ1) is 14.6. The van der Waals surface area contributed by atoms with Gasteiger partial charge in [0.2, 0.25) is 0 Å². The minimum Gasteiger partial charge on any atom is -0.451 e. The maximum atomic E-state index is 12.9. The summed E-state index contributed by atoms with van der Waals surface area (Å²) < 4.78 is 5.18. The van der Waals surface area contributed by atoms with Crippen molar-refractivity contribution in [2.75, 3.05) is 11.9 Å². The fraction of sp³-hybridized carbons (Fsp3) is 0.565. The molecule has 0 radical (unpaired) electrons. The van der Waals surface area contributed by atoms with Crippen LogP contribution in [0, 0.1) is 5.92 Å². The third kappa shape index (κ3) is 4.73. The number of urea groups is 1. The highest BCUT2D eigenvalue weighted by molar-refractivity contribution is 6.09. The molecule has 1 aliphatic carbocycles. The van der Waals surface area contributed by atoms with Gasteiger partial charge in [0.1, 0.15) is 12.1 Å². The molecular formula is C23H31N3O5. The molecule has 8 nitrogen and oxygen atoms in total. The Labute approximate surface area is 182 Å². The molecule has 2 N–H and O–H groups in total. The van der Waals surface area contributed by atoms with Crippen LogP contribution in [0.5, 0.6) is 0 Å². The first-order valence-electron chi connectivity index (χ1n) is 10.9. The Morgan fingerprint density at radius 1 is 1.19 bits per heavy atom. The molecule has 8 heteroatoms. The minimum atomic E-state index is -1.07. The van der Waals surface area contributed by atoms with E-state index in [9.17, 15) is 19.2 Å². The number of esters is 1. The average Bonchev–Trinajstić information content (AvgIpc) is 2.95. The van der Waals surface area contributed by atoms with Gasteiger partial charge in [0.25, 0.3) is 11.8 Å². The highest BCUT2D eigenvalue weighted by Gasteiger charge is 2.55. The molecule has 0 unspecified atom stereocenters. The van der Waals surface area contributed by atoms with Crippen molar-refractivity contribution in [1.82, 2.24) is 10.2 Å². The van der Waals surface area contributed by atoms with Crippen molar-refractivity contribution in [3.05, 3.63) is 29.8 Å². The number of hydrogen-bond acceptors (Lipinski definition) is 5. The summed E-state index contributed by atoms with van der Waals surface area (Å²) >= 11 is 0. The first kappa shape index (κ1) is 22.8. The average molecular weight is 430 g/mol. The van der Waals surface area contributed by atoms with E-state index in [1.807, 2.05) is 19.1 Å². The van der Waals surface area contributed by atoms with E-state index in [4.69, 9.17) is 4.74 Å². The van der Waals surface area contributed by atoms with Gasteiger partial charge >= 0.3 is 12.0 Å². The lowest BCUT2D eigenvalue weighted by Crippen LogP contribution is -2.54. The predicted molar refractivity (Wildman–Crippen MR) is 115 cm³/mol. The summed E-state index contributed by atoms with van der Waals surface area (Å²) in [5.74, 6) is -1.29. The smallest absolute Gasteiger partial charge is 0.327 e. The molecule has 1 heterocycles. The van der Waals surface area contributed by atoms with Crippen LogP contribution in [0.15, 0.2) is 24.3 Å². The molecule has 1 aromatic carbocycles. The second kappa shape index (κ2) is 9.08. The number of hydrogen-bond donors (Lipinski definition) is 2. The molecule has 4 amide bonds. The van der Waals surface area contributed by atoms with Crippen molar-refractivity contribution >= 4 is 29.5 Å². The van der Waals surface area contributed by atoms with Gasteiger partial charge in [-0.1, -0.05) is 45.7 Å². The van der Waals surface area contributed by atoms with Gasteiger partial charge < -0.3 is 15.4 Å². The van der Waals surface area contributed by atoms with E-state index in [0.29, 0.717) is 18.0 Å². The molecule has 31 heavy (non-hydrogen) atoms. The molecule has 2 aliphatic rings. The zero-order chi connectivity index (χ0) is 22.8. The summed E-state index contributed by atoms with van der Waals surface area (Å²) in [5.41, 5.74) is 0.816. The summed E-state index contributed by atoms with van der Waals surface area (Å²) in [6, 6.07) is 6.85. The third-order valence-electron chi connectivity index (χ3n) is 6.31. The van der Waals surface area contributed by atoms with Crippen LogP contribution in [-0.2, 0) is 19.1 Å². The Morgan fingerprint density at radius 3 is 2.48 bits per heavy atom. The monoisotopic (exact) mass is 429 g/mol. The van der Waals surface area contributed by atoms with Gasteiger partial charge in [-0.2, -0.15) is 0 Å². The summed E-state index contributed by atoms with van der Waals surface area (Å²) in [6.45, 7) is 7.04. The number of imide groups is 1. The molecule has 168 valence electrons. The highest BCUT2D eigenvalue weighted by Crippen LogP contribution is 2.38. The lowest BCUT2D eigenvalue weighted by Gasteiger charge is -2.36. The molecule has 1 saturated heterocycles. The van der Waals surface area contributed by atoms with Crippen LogP contribution < -0.4 is 10.6 Å². The Balaban J connectivity index is 1.55. The molecule has 2 fully saturated rings. The maximum Gasteiger partial charge on any atom is 0.327 e. The van der Waals surface area contributed by atoms with E-state index in [0.717, 1.165) is 29.7 Å². The molecule has 1 saturated carbocycles. The van der Waals surface area contributed by atoms with Gasteiger partial charge in [-0.3, -0.25) is 19.3 Å². The van der Waals surface area contributed by atoms with E-state index in [-0.39, 0.29) is 11.8 Å². The van der Waals surface area contributed by atoms with E-state index in [1.54, 1.807) is 12.1 Å². The highest BCUT2D eigenvalue weighted by atomic mass is 16.5. The summed E-state index contributed by atoms with van der Waals surface area (Å²) in [5, 5.41) is 5.50. The molecular weight excluding hydrogens is 398 g/mol. The fourth-order valence-electron chi connectivity index (χ4n) is 4.25. The fourth-order valence-corrected chi connectivity index (χ4v) is 4.25. The Kier molecular flexibility index (Phi) is 6.67. The van der Waals surface area contributed by atoms with Crippen molar-refractivity contribution in [2.45, 2.75) is 70.9 Å². The van der Waals surface area contributed by atoms with Crippen LogP contribution in [0.3, 0.4) is 0 Å². The number of rotatable bonds is 6. The van der Waals surface area contributed by atoms with Crippen molar-refractivity contribution in [3.63, 3.8) is 0 Å². The number of carbonyl (C=O) groups is 4. The molecule has 0 aromatic heterocycles. The Morgan fingerprint density at radius 2 is 1.87 bits per heavy atom. The van der Waals surface area contributed by atoms with Gasteiger partial charge in [0.15, 0.2) is 6.10 Å². The topological polar surface area (TPSA) is 105 Å². The zero-order valence-corrected chi connectivity index (χ0v) is 18.6. The van der Waals surface area contributed by atoms with Gasteiger partial charge in [-0.15, -0.1) is 0 Å². The number of amides is 4. The first-order valence-corrected chi connectivity index (χ1v) is 10.9. The van der Waals surface area contributed by atoms with E-state index >= 15 is 0 Å². The standard InChI is InChI=1S/C23H31N3O5/c1-14(2)17-8-10-18(11-9-17)24-20(28)16(4)31-19(27)13-26-21(29)23(25-22(26)30)12-6-5-7-15(23)3/h8-11,14-16H,5-7,12-13H2,1-4H3,(H,24,28)(H,25,30)/t15-,16-,23+/m0/s1. The van der Waals surface area contributed by atoms with Crippen molar-refractivity contribution < 1.29 is 23.9 Å². The Bertz CT molecular complexity index is 866.